The number of benzene rings is 1. The van der Waals surface area contributed by atoms with Crippen molar-refractivity contribution in [3.05, 3.63) is 47.2 Å². The second-order valence-corrected chi connectivity index (χ2v) is 4.51. The molecule has 0 aliphatic carbocycles. The van der Waals surface area contributed by atoms with Crippen LogP contribution in [-0.2, 0) is 0 Å². The number of oxazole rings is 1. The quantitative estimate of drug-likeness (QED) is 0.889. The van der Waals surface area contributed by atoms with Gasteiger partial charge >= 0.3 is 0 Å². The third-order valence-corrected chi connectivity index (χ3v) is 2.83. The fourth-order valence-corrected chi connectivity index (χ4v) is 1.66. The fourth-order valence-electron chi connectivity index (χ4n) is 1.66. The van der Waals surface area contributed by atoms with E-state index in [0.717, 1.165) is 5.56 Å². The molecule has 0 fully saturated rings. The van der Waals surface area contributed by atoms with Gasteiger partial charge in [-0.05, 0) is 38.5 Å². The van der Waals surface area contributed by atoms with Crippen LogP contribution in [0.15, 0.2) is 28.8 Å². The minimum absolute atomic E-state index is 0.104. The van der Waals surface area contributed by atoms with E-state index in [4.69, 9.17) is 4.42 Å². The van der Waals surface area contributed by atoms with Gasteiger partial charge in [0.2, 0.25) is 5.89 Å². The third kappa shape index (κ3) is 2.93. The standard InChI is InChI=1S/C14H16N2O3/c1-8-4-5-11(6-12(8)17)13(18)16-10(3)14-15-7-9(2)19-14/h4-7,10,17H,1-3H3,(H,16,18). The molecule has 2 rings (SSSR count). The van der Waals surface area contributed by atoms with Crippen molar-refractivity contribution in [3.8, 4) is 5.75 Å². The van der Waals surface area contributed by atoms with Crippen molar-refractivity contribution in [3.63, 3.8) is 0 Å². The lowest BCUT2D eigenvalue weighted by molar-refractivity contribution is 0.0933. The van der Waals surface area contributed by atoms with E-state index in [9.17, 15) is 9.90 Å². The summed E-state index contributed by atoms with van der Waals surface area (Å²) < 4.78 is 5.35. The summed E-state index contributed by atoms with van der Waals surface area (Å²) in [6, 6.07) is 4.48. The van der Waals surface area contributed by atoms with Crippen LogP contribution in [0.4, 0.5) is 0 Å². The Balaban J connectivity index is 2.10. The van der Waals surface area contributed by atoms with Gasteiger partial charge < -0.3 is 14.8 Å². The topological polar surface area (TPSA) is 75.4 Å². The Kier molecular flexibility index (Phi) is 3.55. The summed E-state index contributed by atoms with van der Waals surface area (Å²) in [6.07, 6.45) is 1.61. The summed E-state index contributed by atoms with van der Waals surface area (Å²) in [7, 11) is 0. The van der Waals surface area contributed by atoms with Crippen molar-refractivity contribution < 1.29 is 14.3 Å². The van der Waals surface area contributed by atoms with E-state index in [-0.39, 0.29) is 17.7 Å². The summed E-state index contributed by atoms with van der Waals surface area (Å²) in [6.45, 7) is 5.36. The number of phenolic OH excluding ortho intramolecular Hbond substituents is 1. The highest BCUT2D eigenvalue weighted by atomic mass is 16.4. The molecular weight excluding hydrogens is 244 g/mol. The molecule has 1 aromatic carbocycles. The maximum absolute atomic E-state index is 12.0. The first-order valence-corrected chi connectivity index (χ1v) is 6.00. The average Bonchev–Trinajstić information content (AvgIpc) is 2.79. The molecule has 1 aromatic heterocycles. The lowest BCUT2D eigenvalue weighted by atomic mass is 10.1. The molecule has 1 unspecified atom stereocenters. The second kappa shape index (κ2) is 5.14. The number of rotatable bonds is 3. The van der Waals surface area contributed by atoms with Crippen molar-refractivity contribution in [1.82, 2.24) is 10.3 Å². The Morgan fingerprint density at radius 3 is 2.74 bits per heavy atom. The SMILES string of the molecule is Cc1cnc(C(C)NC(=O)c2ccc(C)c(O)c2)o1. The van der Waals surface area contributed by atoms with E-state index < -0.39 is 0 Å². The van der Waals surface area contributed by atoms with Crippen molar-refractivity contribution >= 4 is 5.91 Å². The highest BCUT2D eigenvalue weighted by Gasteiger charge is 2.16. The van der Waals surface area contributed by atoms with E-state index in [0.29, 0.717) is 17.2 Å². The molecule has 0 bridgehead atoms. The number of hydrogen-bond donors (Lipinski definition) is 2. The normalized spacial score (nSPS) is 12.2. The minimum atomic E-state index is -0.329. The Hall–Kier alpha value is -2.30. The zero-order valence-corrected chi connectivity index (χ0v) is 11.1. The fraction of sp³-hybridized carbons (Fsp3) is 0.286. The number of amides is 1. The molecule has 0 saturated carbocycles. The van der Waals surface area contributed by atoms with Gasteiger partial charge in [0, 0.05) is 5.56 Å². The predicted molar refractivity (Wildman–Crippen MR) is 70.0 cm³/mol. The van der Waals surface area contributed by atoms with Crippen LogP contribution in [0, 0.1) is 13.8 Å². The highest BCUT2D eigenvalue weighted by molar-refractivity contribution is 5.94. The first-order chi connectivity index (χ1) is 8.97. The smallest absolute Gasteiger partial charge is 0.252 e. The third-order valence-electron chi connectivity index (χ3n) is 2.83. The van der Waals surface area contributed by atoms with Crippen molar-refractivity contribution in [2.75, 3.05) is 0 Å². The van der Waals surface area contributed by atoms with Gasteiger partial charge in [-0.3, -0.25) is 4.79 Å². The number of carbonyl (C=O) groups excluding carboxylic acids is 1. The summed E-state index contributed by atoms with van der Waals surface area (Å²) in [5, 5.41) is 12.4. The van der Waals surface area contributed by atoms with Crippen LogP contribution in [0.1, 0.15) is 40.5 Å². The van der Waals surface area contributed by atoms with Gasteiger partial charge in [0.1, 0.15) is 17.6 Å². The zero-order valence-electron chi connectivity index (χ0n) is 11.1. The van der Waals surface area contributed by atoms with Crippen molar-refractivity contribution in [1.29, 1.82) is 0 Å². The summed E-state index contributed by atoms with van der Waals surface area (Å²) in [4.78, 5) is 16.1. The number of hydrogen-bond acceptors (Lipinski definition) is 4. The number of nitrogens with zero attached hydrogens (tertiary/aromatic N) is 1. The summed E-state index contributed by atoms with van der Waals surface area (Å²) in [5.74, 6) is 0.984. The first kappa shape index (κ1) is 13.1. The molecule has 0 aliphatic rings. The Morgan fingerprint density at radius 2 is 2.16 bits per heavy atom. The van der Waals surface area contributed by atoms with E-state index in [1.807, 2.05) is 0 Å². The Bertz CT molecular complexity index is 604. The zero-order chi connectivity index (χ0) is 14.0. The van der Waals surface area contributed by atoms with Gasteiger partial charge in [-0.1, -0.05) is 6.07 Å². The molecule has 1 heterocycles. The predicted octanol–water partition coefficient (Wildman–Crippen LogP) is 2.49. The molecule has 19 heavy (non-hydrogen) atoms. The largest absolute Gasteiger partial charge is 0.508 e. The van der Waals surface area contributed by atoms with E-state index in [1.165, 1.54) is 6.07 Å². The molecule has 1 atom stereocenters. The van der Waals surface area contributed by atoms with Crippen LogP contribution in [0.25, 0.3) is 0 Å². The van der Waals surface area contributed by atoms with Gasteiger partial charge in [-0.15, -0.1) is 0 Å². The number of aromatic hydroxyl groups is 1. The van der Waals surface area contributed by atoms with Crippen molar-refractivity contribution in [2.24, 2.45) is 0 Å². The molecule has 0 aliphatic heterocycles. The minimum Gasteiger partial charge on any atom is -0.508 e. The van der Waals surface area contributed by atoms with E-state index in [2.05, 4.69) is 10.3 Å². The Labute approximate surface area is 111 Å². The average molecular weight is 260 g/mol. The van der Waals surface area contributed by atoms with Gasteiger partial charge in [0.15, 0.2) is 0 Å². The molecule has 2 aromatic rings. The molecular formula is C14H16N2O3. The maximum atomic E-state index is 12.0. The number of phenols is 1. The molecule has 0 radical (unpaired) electrons. The summed E-state index contributed by atoms with van der Waals surface area (Å²) in [5.41, 5.74) is 1.13. The van der Waals surface area contributed by atoms with Gasteiger partial charge in [0.25, 0.3) is 5.91 Å². The van der Waals surface area contributed by atoms with Crippen LogP contribution in [0.3, 0.4) is 0 Å². The van der Waals surface area contributed by atoms with Crippen LogP contribution in [0.2, 0.25) is 0 Å². The Morgan fingerprint density at radius 1 is 1.42 bits per heavy atom. The molecule has 100 valence electrons. The number of carbonyl (C=O) groups is 1. The van der Waals surface area contributed by atoms with Crippen LogP contribution in [0.5, 0.6) is 5.75 Å². The molecule has 1 amide bonds. The number of aryl methyl sites for hydroxylation is 2. The van der Waals surface area contributed by atoms with Gasteiger partial charge in [-0.2, -0.15) is 0 Å². The highest BCUT2D eigenvalue weighted by Crippen LogP contribution is 2.18. The number of nitrogens with one attached hydrogen (secondary N) is 1. The first-order valence-electron chi connectivity index (χ1n) is 6.00. The van der Waals surface area contributed by atoms with E-state index >= 15 is 0 Å². The number of aromatic nitrogens is 1. The molecule has 0 spiro atoms. The molecule has 2 N–H and O–H groups in total. The maximum Gasteiger partial charge on any atom is 0.252 e. The molecule has 0 saturated heterocycles. The van der Waals surface area contributed by atoms with Crippen LogP contribution >= 0.6 is 0 Å². The monoisotopic (exact) mass is 260 g/mol. The molecule has 5 heteroatoms. The van der Waals surface area contributed by atoms with Gasteiger partial charge in [0.05, 0.1) is 6.20 Å². The van der Waals surface area contributed by atoms with Crippen LogP contribution in [-0.4, -0.2) is 16.0 Å². The molecule has 5 nitrogen and oxygen atoms in total. The second-order valence-electron chi connectivity index (χ2n) is 4.51. The van der Waals surface area contributed by atoms with Gasteiger partial charge in [-0.25, -0.2) is 4.98 Å². The van der Waals surface area contributed by atoms with Crippen LogP contribution < -0.4 is 5.32 Å². The van der Waals surface area contributed by atoms with Crippen molar-refractivity contribution in [2.45, 2.75) is 26.8 Å². The summed E-state index contributed by atoms with van der Waals surface area (Å²) >= 11 is 0. The lowest BCUT2D eigenvalue weighted by Gasteiger charge is -2.11. The van der Waals surface area contributed by atoms with E-state index in [1.54, 1.807) is 39.1 Å². The lowest BCUT2D eigenvalue weighted by Crippen LogP contribution is -2.26.